The fraction of sp³-hybridized carbons (Fsp3) is 0.462. The number of primary amides is 1. The minimum Gasteiger partial charge on any atom is -0.382 e. The van der Waals surface area contributed by atoms with Gasteiger partial charge in [-0.15, -0.1) is 0 Å². The molecule has 0 heterocycles. The molecule has 34 heavy (non-hydrogen) atoms. The molecule has 0 aromatic heterocycles. The first-order valence-corrected chi connectivity index (χ1v) is 12.0. The van der Waals surface area contributed by atoms with Crippen LogP contribution in [-0.4, -0.2) is 70.2 Å². The van der Waals surface area contributed by atoms with Gasteiger partial charge in [0.15, 0.2) is 0 Å². The summed E-state index contributed by atoms with van der Waals surface area (Å²) in [5, 5.41) is 9.76. The number of rotatable bonds is 15. The van der Waals surface area contributed by atoms with Crippen molar-refractivity contribution in [3.8, 4) is 6.07 Å². The minimum absolute atomic E-state index is 0.499. The van der Waals surface area contributed by atoms with Crippen LogP contribution < -0.4 is 10.6 Å². The van der Waals surface area contributed by atoms with Gasteiger partial charge in [0, 0.05) is 37.2 Å². The molecule has 1 atom stereocenters. The molecule has 7 nitrogen and oxygen atoms in total. The number of nitrogens with zero attached hydrogens (tertiary/aromatic N) is 3. The van der Waals surface area contributed by atoms with E-state index in [-0.39, 0.29) is 0 Å². The maximum absolute atomic E-state index is 12.1. The second kappa shape index (κ2) is 14.6. The van der Waals surface area contributed by atoms with E-state index in [1.807, 2.05) is 18.2 Å². The van der Waals surface area contributed by atoms with Gasteiger partial charge in [-0.2, -0.15) is 5.26 Å². The molecule has 184 valence electrons. The molecule has 0 radical (unpaired) electrons. The van der Waals surface area contributed by atoms with E-state index in [9.17, 15) is 4.79 Å². The fourth-order valence-electron chi connectivity index (χ4n) is 4.02. The molecule has 0 aliphatic carbocycles. The predicted molar refractivity (Wildman–Crippen MR) is 136 cm³/mol. The molecule has 2 N–H and O–H groups in total. The van der Waals surface area contributed by atoms with Gasteiger partial charge >= 0.3 is 6.03 Å². The number of nitriles is 1. The number of carbonyl (C=O) groups is 1. The summed E-state index contributed by atoms with van der Waals surface area (Å²) in [7, 11) is 1.67. The number of halogens is 1. The van der Waals surface area contributed by atoms with Crippen LogP contribution in [0.15, 0.2) is 48.5 Å². The van der Waals surface area contributed by atoms with Gasteiger partial charge in [-0.3, -0.25) is 4.90 Å². The van der Waals surface area contributed by atoms with Gasteiger partial charge in [-0.1, -0.05) is 23.7 Å². The van der Waals surface area contributed by atoms with Crippen LogP contribution in [0, 0.1) is 11.3 Å². The number of carbonyl (C=O) groups excluding carboxylic acids is 1. The first kappa shape index (κ1) is 27.6. The van der Waals surface area contributed by atoms with E-state index in [2.05, 4.69) is 19.1 Å². The molecule has 2 rings (SSSR count). The van der Waals surface area contributed by atoms with Gasteiger partial charge in [-0.25, -0.2) is 4.79 Å². The molecule has 0 saturated carbocycles. The molecule has 0 fully saturated rings. The second-order valence-corrected chi connectivity index (χ2v) is 8.75. The number of amides is 2. The van der Waals surface area contributed by atoms with E-state index in [0.29, 0.717) is 37.6 Å². The van der Waals surface area contributed by atoms with Crippen LogP contribution in [0.3, 0.4) is 0 Å². The van der Waals surface area contributed by atoms with Gasteiger partial charge in [0.2, 0.25) is 0 Å². The van der Waals surface area contributed by atoms with Crippen LogP contribution in [0.1, 0.15) is 24.5 Å². The molecule has 2 aromatic rings. The number of urea groups is 1. The Morgan fingerprint density at radius 2 is 1.88 bits per heavy atom. The number of quaternary nitrogens is 1. The minimum atomic E-state index is -0.499. The average Bonchev–Trinajstić information content (AvgIpc) is 2.84. The summed E-state index contributed by atoms with van der Waals surface area (Å²) in [5.41, 5.74) is 8.12. The highest BCUT2D eigenvalue weighted by Gasteiger charge is 2.26. The molecule has 2 aromatic carbocycles. The number of methoxy groups -OCH3 is 1. The maximum Gasteiger partial charge on any atom is 0.319 e. The van der Waals surface area contributed by atoms with Gasteiger partial charge in [0.25, 0.3) is 0 Å². The summed E-state index contributed by atoms with van der Waals surface area (Å²) in [6.45, 7) is 8.12. The fourth-order valence-corrected chi connectivity index (χ4v) is 4.23. The lowest BCUT2D eigenvalue weighted by molar-refractivity contribution is -0.926. The lowest BCUT2D eigenvalue weighted by Crippen LogP contribution is -2.52. The quantitative estimate of drug-likeness (QED) is 0.301. The molecule has 0 spiro atoms. The van der Waals surface area contributed by atoms with Crippen molar-refractivity contribution in [1.29, 1.82) is 5.26 Å². The zero-order valence-corrected chi connectivity index (χ0v) is 21.0. The average molecular weight is 488 g/mol. The van der Waals surface area contributed by atoms with Crippen LogP contribution in [-0.2, 0) is 15.9 Å². The number of hydrogen-bond acceptors (Lipinski definition) is 4. The Morgan fingerprint density at radius 1 is 1.12 bits per heavy atom. The number of ether oxygens (including phenoxy) is 2. The Bertz CT molecular complexity index is 932. The third-order valence-corrected chi connectivity index (χ3v) is 6.40. The molecule has 0 aliphatic rings. The second-order valence-electron chi connectivity index (χ2n) is 8.32. The number of benzene rings is 2. The van der Waals surface area contributed by atoms with Gasteiger partial charge in [-0.05, 0) is 48.9 Å². The lowest BCUT2D eigenvalue weighted by Gasteiger charge is -2.38. The van der Waals surface area contributed by atoms with Crippen molar-refractivity contribution in [1.82, 2.24) is 0 Å². The van der Waals surface area contributed by atoms with Crippen molar-refractivity contribution in [2.75, 3.05) is 64.6 Å². The predicted octanol–water partition coefficient (Wildman–Crippen LogP) is 4.23. The normalized spacial score (nSPS) is 12.6. The van der Waals surface area contributed by atoms with Crippen LogP contribution in [0.5, 0.6) is 0 Å². The Balaban J connectivity index is 2.06. The Morgan fingerprint density at radius 3 is 2.50 bits per heavy atom. The Hall–Kier alpha value is -2.63. The molecular formula is C26H36ClN4O3+. The maximum atomic E-state index is 12.1. The first-order valence-electron chi connectivity index (χ1n) is 11.7. The highest BCUT2D eigenvalue weighted by molar-refractivity contribution is 6.30. The van der Waals surface area contributed by atoms with E-state index in [0.717, 1.165) is 48.5 Å². The van der Waals surface area contributed by atoms with Gasteiger partial charge in [0.1, 0.15) is 6.54 Å². The van der Waals surface area contributed by atoms with Crippen molar-refractivity contribution < 1.29 is 18.8 Å². The van der Waals surface area contributed by atoms with Gasteiger partial charge in [0.05, 0.1) is 51.1 Å². The number of likely N-dealkylation sites (N-methyl/N-ethyl adjacent to an activating group) is 1. The molecule has 0 saturated heterocycles. The molecule has 0 aliphatic heterocycles. The van der Waals surface area contributed by atoms with E-state index in [1.54, 1.807) is 36.3 Å². The summed E-state index contributed by atoms with van der Waals surface area (Å²) in [6.07, 6.45) is 1.69. The summed E-state index contributed by atoms with van der Waals surface area (Å²) >= 11 is 6.18. The van der Waals surface area contributed by atoms with Crippen LogP contribution in [0.2, 0.25) is 5.02 Å². The Kier molecular flexibility index (Phi) is 11.9. The van der Waals surface area contributed by atoms with Crippen LogP contribution in [0.25, 0.3) is 0 Å². The number of anilines is 1. The van der Waals surface area contributed by atoms with E-state index < -0.39 is 6.03 Å². The molecule has 2 amide bonds. The number of nitrogens with two attached hydrogens (primary N) is 1. The zero-order valence-electron chi connectivity index (χ0n) is 20.2. The summed E-state index contributed by atoms with van der Waals surface area (Å²) in [4.78, 5) is 13.7. The SMILES string of the molecule is CC[N+](CCCN(C(N)=O)c1ccc(C#N)cc1)(CCOCCOC)CCc1cccc(Cl)c1. The molecule has 1 unspecified atom stereocenters. The van der Waals surface area contributed by atoms with Crippen molar-refractivity contribution >= 4 is 23.3 Å². The van der Waals surface area contributed by atoms with Crippen LogP contribution in [0.4, 0.5) is 10.5 Å². The highest BCUT2D eigenvalue weighted by Crippen LogP contribution is 2.18. The smallest absolute Gasteiger partial charge is 0.319 e. The summed E-state index contributed by atoms with van der Waals surface area (Å²) < 4.78 is 11.7. The summed E-state index contributed by atoms with van der Waals surface area (Å²) in [6, 6.07) is 16.5. The van der Waals surface area contributed by atoms with E-state index in [4.69, 9.17) is 32.1 Å². The first-order chi connectivity index (χ1) is 16.4. The monoisotopic (exact) mass is 487 g/mol. The van der Waals surface area contributed by atoms with Crippen molar-refractivity contribution in [2.45, 2.75) is 19.8 Å². The van der Waals surface area contributed by atoms with Crippen molar-refractivity contribution in [3.05, 3.63) is 64.7 Å². The van der Waals surface area contributed by atoms with Crippen LogP contribution >= 0.6 is 11.6 Å². The molecular weight excluding hydrogens is 452 g/mol. The van der Waals surface area contributed by atoms with Gasteiger partial charge < -0.3 is 19.7 Å². The van der Waals surface area contributed by atoms with E-state index in [1.165, 1.54) is 5.56 Å². The van der Waals surface area contributed by atoms with Crippen molar-refractivity contribution in [3.63, 3.8) is 0 Å². The summed E-state index contributed by atoms with van der Waals surface area (Å²) in [5.74, 6) is 0. The van der Waals surface area contributed by atoms with Crippen molar-refractivity contribution in [2.24, 2.45) is 5.73 Å². The third-order valence-electron chi connectivity index (χ3n) is 6.16. The largest absolute Gasteiger partial charge is 0.382 e. The molecule has 0 bridgehead atoms. The molecule has 8 heteroatoms. The zero-order chi connectivity index (χ0) is 24.8. The van der Waals surface area contributed by atoms with E-state index >= 15 is 0 Å². The highest BCUT2D eigenvalue weighted by atomic mass is 35.5. The number of hydrogen-bond donors (Lipinski definition) is 1. The topological polar surface area (TPSA) is 88.6 Å². The lowest BCUT2D eigenvalue weighted by atomic mass is 10.1. The Labute approximate surface area is 208 Å². The third kappa shape index (κ3) is 8.96. The standard InChI is InChI=1S/C26H35ClN4O3/c1-3-31(16-17-34-19-18-33-2,15-12-22-6-4-7-24(27)20-22)14-5-13-30(26(29)32)25-10-8-23(21-28)9-11-25/h4,6-11,20H,3,5,12-19H2,1-2H3,(H-,29,32)/p+1.